The predicted octanol–water partition coefficient (Wildman–Crippen LogP) is 3.44. The lowest BCUT2D eigenvalue weighted by Gasteiger charge is -2.17. The molecule has 0 amide bonds. The van der Waals surface area contributed by atoms with Crippen molar-refractivity contribution in [1.29, 1.82) is 0 Å². The van der Waals surface area contributed by atoms with Crippen LogP contribution in [0.2, 0.25) is 0 Å². The molecule has 1 saturated carbocycles. The van der Waals surface area contributed by atoms with E-state index in [-0.39, 0.29) is 24.3 Å². The molecule has 2 aromatic heterocycles. The number of aromatic nitrogens is 4. The Morgan fingerprint density at radius 3 is 2.63 bits per heavy atom. The Bertz CT molecular complexity index is 1230. The van der Waals surface area contributed by atoms with Gasteiger partial charge < -0.3 is 20.3 Å². The molecule has 1 aromatic carbocycles. The number of halogens is 4. The topological polar surface area (TPSA) is 105 Å². The second-order valence-corrected chi connectivity index (χ2v) is 8.79. The number of imidazole rings is 1. The standard InChI is InChI=1S/C23H23F4N5O3/c24-15-4-2-1-3-12(15)5-8-16-18(33)19(34)22(35-16)32-11-30-17-20(28-10-29-21(17)32)31-14-7-6-13(9-14)23(25,26)27/h1-5,8,10-11,13-14,16,18-19,22,33-34H,6-7,9H2,(H,28,29,31)/t13?,14?,16-,18-,19-,22-/m1/s1. The zero-order valence-electron chi connectivity index (χ0n) is 18.3. The highest BCUT2D eigenvalue weighted by molar-refractivity contribution is 5.82. The van der Waals surface area contributed by atoms with E-state index in [1.807, 2.05) is 0 Å². The van der Waals surface area contributed by atoms with E-state index >= 15 is 0 Å². The van der Waals surface area contributed by atoms with Crippen LogP contribution >= 0.6 is 0 Å². The Labute approximate surface area is 197 Å². The molecule has 6 atom stereocenters. The average Bonchev–Trinajstić information content (AvgIpc) is 3.53. The second kappa shape index (κ2) is 9.17. The number of hydrogen-bond acceptors (Lipinski definition) is 7. The average molecular weight is 493 g/mol. The zero-order chi connectivity index (χ0) is 24.7. The van der Waals surface area contributed by atoms with E-state index in [0.29, 0.717) is 17.5 Å². The third-order valence-electron chi connectivity index (χ3n) is 6.52. The van der Waals surface area contributed by atoms with Gasteiger partial charge in [-0.2, -0.15) is 13.2 Å². The highest BCUT2D eigenvalue weighted by atomic mass is 19.4. The summed E-state index contributed by atoms with van der Waals surface area (Å²) in [5.74, 6) is -1.51. The van der Waals surface area contributed by atoms with E-state index in [9.17, 15) is 27.8 Å². The first-order chi connectivity index (χ1) is 16.7. The maximum Gasteiger partial charge on any atom is 0.391 e. The van der Waals surface area contributed by atoms with Crippen LogP contribution in [0.5, 0.6) is 0 Å². The first kappa shape index (κ1) is 23.6. The van der Waals surface area contributed by atoms with Gasteiger partial charge in [-0.25, -0.2) is 19.3 Å². The number of alkyl halides is 3. The second-order valence-electron chi connectivity index (χ2n) is 8.79. The Morgan fingerprint density at radius 1 is 1.09 bits per heavy atom. The summed E-state index contributed by atoms with van der Waals surface area (Å²) in [4.78, 5) is 12.6. The third-order valence-corrected chi connectivity index (χ3v) is 6.52. The van der Waals surface area contributed by atoms with Crippen LogP contribution in [0.1, 0.15) is 31.1 Å². The van der Waals surface area contributed by atoms with E-state index in [1.54, 1.807) is 18.2 Å². The normalized spacial score (nSPS) is 29.4. The Kier molecular flexibility index (Phi) is 6.20. The minimum Gasteiger partial charge on any atom is -0.387 e. The van der Waals surface area contributed by atoms with E-state index in [4.69, 9.17) is 4.74 Å². The van der Waals surface area contributed by atoms with Crippen LogP contribution < -0.4 is 5.32 Å². The number of benzene rings is 1. The van der Waals surface area contributed by atoms with Gasteiger partial charge in [0.25, 0.3) is 0 Å². The molecular weight excluding hydrogens is 470 g/mol. The molecule has 5 rings (SSSR count). The minimum atomic E-state index is -4.23. The lowest BCUT2D eigenvalue weighted by molar-refractivity contribution is -0.172. The number of aliphatic hydroxyl groups is 2. The summed E-state index contributed by atoms with van der Waals surface area (Å²) < 4.78 is 60.2. The van der Waals surface area contributed by atoms with Crippen LogP contribution in [-0.4, -0.2) is 60.3 Å². The fourth-order valence-electron chi connectivity index (χ4n) is 4.63. The molecule has 12 heteroatoms. The molecule has 8 nitrogen and oxygen atoms in total. The lowest BCUT2D eigenvalue weighted by Crippen LogP contribution is -2.30. The summed E-state index contributed by atoms with van der Waals surface area (Å²) in [6.45, 7) is 0. The smallest absolute Gasteiger partial charge is 0.387 e. The van der Waals surface area contributed by atoms with Crippen molar-refractivity contribution in [3.8, 4) is 0 Å². The fourth-order valence-corrected chi connectivity index (χ4v) is 4.63. The van der Waals surface area contributed by atoms with Crippen LogP contribution in [-0.2, 0) is 4.74 Å². The number of nitrogens with one attached hydrogen (secondary N) is 1. The minimum absolute atomic E-state index is 0.0472. The van der Waals surface area contributed by atoms with Gasteiger partial charge >= 0.3 is 6.18 Å². The highest BCUT2D eigenvalue weighted by Gasteiger charge is 2.45. The number of rotatable bonds is 5. The van der Waals surface area contributed by atoms with Crippen molar-refractivity contribution in [2.75, 3.05) is 5.32 Å². The van der Waals surface area contributed by atoms with E-state index in [2.05, 4.69) is 20.3 Å². The molecule has 35 heavy (non-hydrogen) atoms. The molecule has 0 radical (unpaired) electrons. The number of nitrogens with zero attached hydrogens (tertiary/aromatic N) is 4. The van der Waals surface area contributed by atoms with Gasteiger partial charge in [-0.1, -0.05) is 30.4 Å². The molecule has 2 aliphatic rings. The van der Waals surface area contributed by atoms with Crippen LogP contribution in [0.25, 0.3) is 17.2 Å². The molecule has 3 aromatic rings. The first-order valence-electron chi connectivity index (χ1n) is 11.2. The maximum absolute atomic E-state index is 13.9. The first-order valence-corrected chi connectivity index (χ1v) is 11.2. The molecule has 2 fully saturated rings. The molecule has 186 valence electrons. The number of anilines is 1. The van der Waals surface area contributed by atoms with Crippen molar-refractivity contribution < 1.29 is 32.5 Å². The van der Waals surface area contributed by atoms with Crippen molar-refractivity contribution in [2.45, 2.75) is 56.0 Å². The Morgan fingerprint density at radius 2 is 1.89 bits per heavy atom. The van der Waals surface area contributed by atoms with Crippen molar-refractivity contribution in [2.24, 2.45) is 5.92 Å². The molecule has 1 aliphatic heterocycles. The van der Waals surface area contributed by atoms with Gasteiger partial charge in [0.2, 0.25) is 0 Å². The summed E-state index contributed by atoms with van der Waals surface area (Å²) in [7, 11) is 0. The van der Waals surface area contributed by atoms with Gasteiger partial charge in [0, 0.05) is 11.6 Å². The SMILES string of the molecule is O[C@@H]1[C@H](O)[C@@H](C=Cc2ccccc2F)O[C@H]1n1cnc2c(NC3CCC(C(F)(F)F)C3)ncnc21. The highest BCUT2D eigenvalue weighted by Crippen LogP contribution is 2.40. The van der Waals surface area contributed by atoms with E-state index < -0.39 is 48.5 Å². The molecule has 0 bridgehead atoms. The maximum atomic E-state index is 13.9. The summed E-state index contributed by atoms with van der Waals surface area (Å²) in [5, 5.41) is 24.1. The van der Waals surface area contributed by atoms with Gasteiger partial charge in [0.05, 0.1) is 12.2 Å². The summed E-state index contributed by atoms with van der Waals surface area (Å²) in [6, 6.07) is 5.69. The Balaban J connectivity index is 1.34. The number of ether oxygens (including phenoxy) is 1. The van der Waals surface area contributed by atoms with Gasteiger partial charge in [-0.3, -0.25) is 4.57 Å². The molecular formula is C23H23F4N5O3. The van der Waals surface area contributed by atoms with Gasteiger partial charge in [0.15, 0.2) is 23.2 Å². The summed E-state index contributed by atoms with van der Waals surface area (Å²) >= 11 is 0. The molecule has 3 heterocycles. The fraction of sp³-hybridized carbons (Fsp3) is 0.435. The number of hydrogen-bond donors (Lipinski definition) is 3. The molecule has 2 unspecified atom stereocenters. The predicted molar refractivity (Wildman–Crippen MR) is 117 cm³/mol. The van der Waals surface area contributed by atoms with Crippen LogP contribution in [0, 0.1) is 11.7 Å². The molecule has 1 aliphatic carbocycles. The largest absolute Gasteiger partial charge is 0.391 e. The van der Waals surface area contributed by atoms with Crippen LogP contribution in [0.3, 0.4) is 0 Å². The van der Waals surface area contributed by atoms with E-state index in [1.165, 1.54) is 35.4 Å². The van der Waals surface area contributed by atoms with Crippen molar-refractivity contribution >= 4 is 23.1 Å². The van der Waals surface area contributed by atoms with Gasteiger partial charge in [0.1, 0.15) is 30.5 Å². The molecule has 0 spiro atoms. The summed E-state index contributed by atoms with van der Waals surface area (Å²) in [6.07, 6.45) is -2.96. The van der Waals surface area contributed by atoms with Gasteiger partial charge in [-0.05, 0) is 25.3 Å². The monoisotopic (exact) mass is 493 g/mol. The van der Waals surface area contributed by atoms with Crippen molar-refractivity contribution in [3.05, 3.63) is 54.4 Å². The molecule has 3 N–H and O–H groups in total. The van der Waals surface area contributed by atoms with E-state index in [0.717, 1.165) is 0 Å². The number of fused-ring (bicyclic) bond motifs is 1. The summed E-state index contributed by atoms with van der Waals surface area (Å²) in [5.41, 5.74) is 0.888. The van der Waals surface area contributed by atoms with Crippen LogP contribution in [0.15, 0.2) is 43.0 Å². The zero-order valence-corrected chi connectivity index (χ0v) is 18.3. The third kappa shape index (κ3) is 4.60. The quantitative estimate of drug-likeness (QED) is 0.468. The Hall–Kier alpha value is -3.09. The lowest BCUT2D eigenvalue weighted by atomic mass is 10.1. The molecule has 1 saturated heterocycles. The van der Waals surface area contributed by atoms with Crippen molar-refractivity contribution in [3.63, 3.8) is 0 Å². The number of aliphatic hydroxyl groups excluding tert-OH is 2. The van der Waals surface area contributed by atoms with Gasteiger partial charge in [-0.15, -0.1) is 0 Å². The van der Waals surface area contributed by atoms with Crippen LogP contribution in [0.4, 0.5) is 23.4 Å². The van der Waals surface area contributed by atoms with Crippen molar-refractivity contribution in [1.82, 2.24) is 19.5 Å².